The van der Waals surface area contributed by atoms with Crippen LogP contribution in [0.5, 0.6) is 0 Å². The number of nitrogens with one attached hydrogen (secondary N) is 1. The van der Waals surface area contributed by atoms with Gasteiger partial charge in [-0.25, -0.2) is 4.98 Å². The van der Waals surface area contributed by atoms with E-state index in [1.807, 2.05) is 12.4 Å². The average molecular weight is 239 g/mol. The lowest BCUT2D eigenvalue weighted by Gasteiger charge is -2.09. The highest BCUT2D eigenvalue weighted by Crippen LogP contribution is 2.08. The third-order valence-corrected chi connectivity index (χ3v) is 2.74. The summed E-state index contributed by atoms with van der Waals surface area (Å²) in [7, 11) is 1.72. The van der Waals surface area contributed by atoms with Gasteiger partial charge < -0.3 is 14.6 Å². The summed E-state index contributed by atoms with van der Waals surface area (Å²) in [5.41, 5.74) is 0. The summed E-state index contributed by atoms with van der Waals surface area (Å²) in [5, 5.41) is 3.37. The molecule has 98 valence electrons. The van der Waals surface area contributed by atoms with E-state index in [-0.39, 0.29) is 0 Å². The number of hydrogen-bond acceptors (Lipinski definition) is 3. The second kappa shape index (κ2) is 8.12. The first-order valence-electron chi connectivity index (χ1n) is 6.48. The van der Waals surface area contributed by atoms with Crippen molar-refractivity contribution in [1.82, 2.24) is 9.55 Å². The van der Waals surface area contributed by atoms with Crippen LogP contribution in [0.4, 0.5) is 5.95 Å². The van der Waals surface area contributed by atoms with E-state index in [2.05, 4.69) is 28.7 Å². The maximum atomic E-state index is 5.06. The van der Waals surface area contributed by atoms with E-state index < -0.39 is 0 Å². The second-order valence-corrected chi connectivity index (χ2v) is 4.75. The van der Waals surface area contributed by atoms with Gasteiger partial charge in [-0.1, -0.05) is 26.7 Å². The van der Waals surface area contributed by atoms with Gasteiger partial charge in [0.05, 0.1) is 6.61 Å². The van der Waals surface area contributed by atoms with Gasteiger partial charge in [0.2, 0.25) is 5.95 Å². The Balaban J connectivity index is 2.19. The van der Waals surface area contributed by atoms with E-state index in [9.17, 15) is 0 Å². The first-order valence-corrected chi connectivity index (χ1v) is 6.48. The van der Waals surface area contributed by atoms with E-state index in [1.54, 1.807) is 7.11 Å². The van der Waals surface area contributed by atoms with E-state index in [4.69, 9.17) is 4.74 Å². The van der Waals surface area contributed by atoms with Gasteiger partial charge in [0.15, 0.2) is 0 Å². The van der Waals surface area contributed by atoms with Gasteiger partial charge in [-0.2, -0.15) is 0 Å². The Bertz CT molecular complexity index is 297. The minimum absolute atomic E-state index is 0.721. The summed E-state index contributed by atoms with van der Waals surface area (Å²) < 4.78 is 7.15. The predicted octanol–water partition coefficient (Wildman–Crippen LogP) is 2.77. The van der Waals surface area contributed by atoms with Gasteiger partial charge in [0.25, 0.3) is 0 Å². The molecule has 1 aromatic rings. The Morgan fingerprint density at radius 3 is 2.94 bits per heavy atom. The highest BCUT2D eigenvalue weighted by atomic mass is 16.5. The highest BCUT2D eigenvalue weighted by molar-refractivity contribution is 5.25. The monoisotopic (exact) mass is 239 g/mol. The summed E-state index contributed by atoms with van der Waals surface area (Å²) in [5.74, 6) is 1.75. The van der Waals surface area contributed by atoms with Crippen molar-refractivity contribution in [3.05, 3.63) is 12.4 Å². The fraction of sp³-hybridized carbons (Fsp3) is 0.769. The molecule has 0 atom stereocenters. The van der Waals surface area contributed by atoms with Crippen LogP contribution < -0.4 is 5.32 Å². The lowest BCUT2D eigenvalue weighted by molar-refractivity contribution is 0.187. The largest absolute Gasteiger partial charge is 0.383 e. The van der Waals surface area contributed by atoms with Gasteiger partial charge in [-0.05, 0) is 12.3 Å². The molecule has 0 fully saturated rings. The molecule has 0 aromatic carbocycles. The number of unbranched alkanes of at least 4 members (excludes halogenated alkanes) is 1. The smallest absolute Gasteiger partial charge is 0.202 e. The summed E-state index contributed by atoms with van der Waals surface area (Å²) in [6.07, 6.45) is 7.60. The van der Waals surface area contributed by atoms with Crippen molar-refractivity contribution in [2.75, 3.05) is 25.6 Å². The third-order valence-electron chi connectivity index (χ3n) is 2.74. The molecule has 0 aliphatic rings. The number of imidazole rings is 1. The average Bonchev–Trinajstić information content (AvgIpc) is 2.73. The normalized spacial score (nSPS) is 11.1. The first-order chi connectivity index (χ1) is 8.24. The van der Waals surface area contributed by atoms with Gasteiger partial charge in [-0.15, -0.1) is 0 Å². The Kier molecular flexibility index (Phi) is 6.70. The van der Waals surface area contributed by atoms with Crippen molar-refractivity contribution < 1.29 is 4.74 Å². The molecular weight excluding hydrogens is 214 g/mol. The molecule has 0 radical (unpaired) electrons. The number of rotatable bonds is 9. The maximum Gasteiger partial charge on any atom is 0.202 e. The molecule has 0 amide bonds. The summed E-state index contributed by atoms with van der Waals surface area (Å²) in [6.45, 7) is 7.11. The third kappa shape index (κ3) is 5.73. The fourth-order valence-electron chi connectivity index (χ4n) is 1.72. The molecule has 1 N–H and O–H groups in total. The topological polar surface area (TPSA) is 39.1 Å². The molecule has 0 saturated heterocycles. The van der Waals surface area contributed by atoms with Crippen molar-refractivity contribution >= 4 is 5.95 Å². The summed E-state index contributed by atoms with van der Waals surface area (Å²) in [6, 6.07) is 0. The van der Waals surface area contributed by atoms with Crippen LogP contribution in [0.25, 0.3) is 0 Å². The molecule has 17 heavy (non-hydrogen) atoms. The zero-order chi connectivity index (χ0) is 12.5. The van der Waals surface area contributed by atoms with E-state index in [1.165, 1.54) is 19.3 Å². The van der Waals surface area contributed by atoms with Crippen molar-refractivity contribution in [2.45, 2.75) is 39.7 Å². The van der Waals surface area contributed by atoms with Gasteiger partial charge >= 0.3 is 0 Å². The zero-order valence-corrected chi connectivity index (χ0v) is 11.3. The quantitative estimate of drug-likeness (QED) is 0.673. The van der Waals surface area contributed by atoms with Crippen LogP contribution >= 0.6 is 0 Å². The van der Waals surface area contributed by atoms with Gasteiger partial charge in [-0.3, -0.25) is 0 Å². The van der Waals surface area contributed by atoms with Crippen LogP contribution in [0.3, 0.4) is 0 Å². The highest BCUT2D eigenvalue weighted by Gasteiger charge is 2.01. The van der Waals surface area contributed by atoms with Crippen LogP contribution in [0.15, 0.2) is 12.4 Å². The van der Waals surface area contributed by atoms with Crippen LogP contribution in [0.1, 0.15) is 33.1 Å². The molecule has 1 rings (SSSR count). The van der Waals surface area contributed by atoms with Crippen LogP contribution in [-0.4, -0.2) is 29.8 Å². The Labute approximate surface area is 104 Å². The Morgan fingerprint density at radius 2 is 2.24 bits per heavy atom. The van der Waals surface area contributed by atoms with Crippen molar-refractivity contribution in [1.29, 1.82) is 0 Å². The standard InChI is InChI=1S/C13H25N3O/c1-12(2)6-4-5-7-14-13-15-8-9-16(13)10-11-17-3/h8-9,12H,4-7,10-11H2,1-3H3,(H,14,15). The van der Waals surface area contributed by atoms with Gasteiger partial charge in [0.1, 0.15) is 0 Å². The summed E-state index contributed by atoms with van der Waals surface area (Å²) >= 11 is 0. The Hall–Kier alpha value is -1.03. The number of aromatic nitrogens is 2. The first kappa shape index (κ1) is 14.0. The minimum Gasteiger partial charge on any atom is -0.383 e. The van der Waals surface area contributed by atoms with Crippen LogP contribution in [0, 0.1) is 5.92 Å². The van der Waals surface area contributed by atoms with Crippen molar-refractivity contribution in [3.8, 4) is 0 Å². The molecule has 0 spiro atoms. The summed E-state index contributed by atoms with van der Waals surface area (Å²) in [4.78, 5) is 4.30. The van der Waals surface area contributed by atoms with E-state index in [0.29, 0.717) is 0 Å². The molecule has 0 bridgehead atoms. The van der Waals surface area contributed by atoms with E-state index >= 15 is 0 Å². The van der Waals surface area contributed by atoms with Crippen molar-refractivity contribution in [3.63, 3.8) is 0 Å². The number of ether oxygens (including phenoxy) is 1. The van der Waals surface area contributed by atoms with Gasteiger partial charge in [0, 0.05) is 32.6 Å². The molecular formula is C13H25N3O. The number of anilines is 1. The molecule has 1 aromatic heterocycles. The molecule has 0 unspecified atom stereocenters. The lowest BCUT2D eigenvalue weighted by atomic mass is 10.1. The lowest BCUT2D eigenvalue weighted by Crippen LogP contribution is -2.11. The maximum absolute atomic E-state index is 5.06. The van der Waals surface area contributed by atoms with Crippen LogP contribution in [-0.2, 0) is 11.3 Å². The van der Waals surface area contributed by atoms with Crippen molar-refractivity contribution in [2.24, 2.45) is 5.92 Å². The number of methoxy groups -OCH3 is 1. The molecule has 0 saturated carbocycles. The predicted molar refractivity (Wildman–Crippen MR) is 71.3 cm³/mol. The zero-order valence-electron chi connectivity index (χ0n) is 11.3. The van der Waals surface area contributed by atoms with E-state index in [0.717, 1.165) is 31.6 Å². The second-order valence-electron chi connectivity index (χ2n) is 4.75. The molecule has 1 heterocycles. The number of hydrogen-bond donors (Lipinski definition) is 1. The molecule has 4 nitrogen and oxygen atoms in total. The minimum atomic E-state index is 0.721. The SMILES string of the molecule is COCCn1ccnc1NCCCCC(C)C. The molecule has 4 heteroatoms. The van der Waals surface area contributed by atoms with Crippen LogP contribution in [0.2, 0.25) is 0 Å². The number of nitrogens with zero attached hydrogens (tertiary/aromatic N) is 2. The molecule has 0 aliphatic heterocycles. The molecule has 0 aliphatic carbocycles. The Morgan fingerprint density at radius 1 is 1.41 bits per heavy atom. The fourth-order valence-corrected chi connectivity index (χ4v) is 1.72.